The van der Waals surface area contributed by atoms with E-state index >= 15 is 0 Å². The fourth-order valence-electron chi connectivity index (χ4n) is 2.67. The second kappa shape index (κ2) is 7.61. The van der Waals surface area contributed by atoms with Crippen LogP contribution in [0.3, 0.4) is 0 Å². The fraction of sp³-hybridized carbons (Fsp3) is 0.0952. The number of rotatable bonds is 5. The number of aldehydes is 1. The average molecular weight is 347 g/mol. The van der Waals surface area contributed by atoms with Gasteiger partial charge in [0.05, 0.1) is 12.7 Å². The smallest absolute Gasteiger partial charge is 0.337 e. The Hall–Kier alpha value is -3.47. The number of ether oxygens (including phenoxy) is 2. The summed E-state index contributed by atoms with van der Waals surface area (Å²) in [4.78, 5) is 27.7. The van der Waals surface area contributed by atoms with Crippen molar-refractivity contribution in [2.45, 2.75) is 6.92 Å². The molecule has 0 saturated heterocycles. The number of aromatic nitrogens is 1. The van der Waals surface area contributed by atoms with Crippen LogP contribution in [0, 0.1) is 6.92 Å². The average Bonchev–Trinajstić information content (AvgIpc) is 2.68. The van der Waals surface area contributed by atoms with Crippen LogP contribution in [0.15, 0.2) is 60.8 Å². The monoisotopic (exact) mass is 347 g/mol. The van der Waals surface area contributed by atoms with Crippen LogP contribution in [0.2, 0.25) is 0 Å². The van der Waals surface area contributed by atoms with Gasteiger partial charge in [0.25, 0.3) is 0 Å². The van der Waals surface area contributed by atoms with Crippen LogP contribution < -0.4 is 4.74 Å². The summed E-state index contributed by atoms with van der Waals surface area (Å²) in [6.45, 7) is 1.91. The minimum atomic E-state index is -0.497. The summed E-state index contributed by atoms with van der Waals surface area (Å²) in [7, 11) is 1.30. The van der Waals surface area contributed by atoms with Gasteiger partial charge in [-0.15, -0.1) is 0 Å². The molecule has 0 N–H and O–H groups in total. The predicted molar refractivity (Wildman–Crippen MR) is 97.7 cm³/mol. The van der Waals surface area contributed by atoms with Crippen molar-refractivity contribution in [1.29, 1.82) is 0 Å². The van der Waals surface area contributed by atoms with E-state index in [2.05, 4.69) is 4.98 Å². The van der Waals surface area contributed by atoms with Crippen LogP contribution in [0.5, 0.6) is 11.6 Å². The Morgan fingerprint density at radius 2 is 1.85 bits per heavy atom. The molecule has 0 radical (unpaired) electrons. The second-order valence-electron chi connectivity index (χ2n) is 5.63. The molecule has 0 atom stereocenters. The Kier molecular flexibility index (Phi) is 5.08. The lowest BCUT2D eigenvalue weighted by Crippen LogP contribution is -2.03. The SMILES string of the molecule is COC(=O)c1ccc(-c2c(C)ccnc2Oc2ccccc2)c(C=O)c1. The molecule has 5 heteroatoms. The number of aryl methyl sites for hydroxylation is 1. The molecule has 0 bridgehead atoms. The van der Waals surface area contributed by atoms with Crippen LogP contribution in [0.4, 0.5) is 0 Å². The number of para-hydroxylation sites is 1. The summed E-state index contributed by atoms with van der Waals surface area (Å²) in [5.74, 6) is 0.541. The number of esters is 1. The molecule has 0 spiro atoms. The molecule has 3 aromatic rings. The van der Waals surface area contributed by atoms with Gasteiger partial charge in [-0.05, 0) is 48.4 Å². The second-order valence-corrected chi connectivity index (χ2v) is 5.63. The third-order valence-corrected chi connectivity index (χ3v) is 3.95. The van der Waals surface area contributed by atoms with Crippen molar-refractivity contribution in [2.24, 2.45) is 0 Å². The van der Waals surface area contributed by atoms with Crippen molar-refractivity contribution >= 4 is 12.3 Å². The van der Waals surface area contributed by atoms with Crippen LogP contribution in [-0.4, -0.2) is 24.3 Å². The first kappa shape index (κ1) is 17.4. The van der Waals surface area contributed by atoms with Crippen molar-refractivity contribution in [3.8, 4) is 22.8 Å². The maximum atomic E-state index is 11.7. The number of benzene rings is 2. The molecule has 3 rings (SSSR count). The van der Waals surface area contributed by atoms with Crippen LogP contribution in [0.25, 0.3) is 11.1 Å². The van der Waals surface area contributed by atoms with Gasteiger partial charge in [0.1, 0.15) is 5.75 Å². The summed E-state index contributed by atoms with van der Waals surface area (Å²) < 4.78 is 10.6. The van der Waals surface area contributed by atoms with Gasteiger partial charge in [-0.3, -0.25) is 4.79 Å². The van der Waals surface area contributed by atoms with E-state index in [1.54, 1.807) is 18.3 Å². The van der Waals surface area contributed by atoms with E-state index < -0.39 is 5.97 Å². The predicted octanol–water partition coefficient (Wildman–Crippen LogP) is 4.45. The standard InChI is InChI=1S/C21H17NO4/c1-14-10-11-22-20(26-17-6-4-3-5-7-17)19(14)18-9-8-15(21(24)25-2)12-16(18)13-23/h3-13H,1-2H3. The number of pyridine rings is 1. The molecular weight excluding hydrogens is 330 g/mol. The number of nitrogens with zero attached hydrogens (tertiary/aromatic N) is 1. The summed E-state index contributed by atoms with van der Waals surface area (Å²) >= 11 is 0. The van der Waals surface area contributed by atoms with Gasteiger partial charge in [-0.25, -0.2) is 9.78 Å². The lowest BCUT2D eigenvalue weighted by molar-refractivity contribution is 0.0600. The highest BCUT2D eigenvalue weighted by Gasteiger charge is 2.17. The lowest BCUT2D eigenvalue weighted by atomic mass is 9.96. The first-order chi connectivity index (χ1) is 12.6. The number of methoxy groups -OCH3 is 1. The van der Waals surface area contributed by atoms with Crippen molar-refractivity contribution in [3.05, 3.63) is 77.5 Å². The van der Waals surface area contributed by atoms with E-state index in [1.165, 1.54) is 13.2 Å². The molecular formula is C21H17NO4. The molecule has 1 heterocycles. The van der Waals surface area contributed by atoms with Crippen molar-refractivity contribution in [3.63, 3.8) is 0 Å². The van der Waals surface area contributed by atoms with E-state index in [0.717, 1.165) is 5.56 Å². The van der Waals surface area contributed by atoms with Crippen LogP contribution >= 0.6 is 0 Å². The first-order valence-electron chi connectivity index (χ1n) is 8.00. The molecule has 130 valence electrons. The Labute approximate surface area is 151 Å². The topological polar surface area (TPSA) is 65.5 Å². The highest BCUT2D eigenvalue weighted by Crippen LogP contribution is 2.36. The minimum Gasteiger partial charge on any atom is -0.465 e. The normalized spacial score (nSPS) is 10.2. The summed E-state index contributed by atoms with van der Waals surface area (Å²) in [5.41, 5.74) is 2.92. The maximum Gasteiger partial charge on any atom is 0.337 e. The summed E-state index contributed by atoms with van der Waals surface area (Å²) in [6.07, 6.45) is 2.36. The van der Waals surface area contributed by atoms with E-state index in [9.17, 15) is 9.59 Å². The third kappa shape index (κ3) is 3.47. The van der Waals surface area contributed by atoms with E-state index in [1.807, 2.05) is 43.3 Å². The molecule has 1 aromatic heterocycles. The first-order valence-corrected chi connectivity index (χ1v) is 8.00. The lowest BCUT2D eigenvalue weighted by Gasteiger charge is -2.14. The Bertz CT molecular complexity index is 951. The molecule has 0 aliphatic heterocycles. The van der Waals surface area contributed by atoms with Gasteiger partial charge >= 0.3 is 5.97 Å². The molecule has 0 unspecified atom stereocenters. The van der Waals surface area contributed by atoms with E-state index in [0.29, 0.717) is 40.2 Å². The third-order valence-electron chi connectivity index (χ3n) is 3.95. The van der Waals surface area contributed by atoms with Gasteiger partial charge < -0.3 is 9.47 Å². The molecule has 5 nitrogen and oxygen atoms in total. The zero-order valence-electron chi connectivity index (χ0n) is 14.4. The van der Waals surface area contributed by atoms with Crippen LogP contribution in [0.1, 0.15) is 26.3 Å². The van der Waals surface area contributed by atoms with Gasteiger partial charge in [-0.1, -0.05) is 24.3 Å². The van der Waals surface area contributed by atoms with Crippen molar-refractivity contribution in [1.82, 2.24) is 4.98 Å². The number of hydrogen-bond donors (Lipinski definition) is 0. The summed E-state index contributed by atoms with van der Waals surface area (Å²) in [6, 6.07) is 16.0. The number of carbonyl (C=O) groups is 2. The van der Waals surface area contributed by atoms with E-state index in [-0.39, 0.29) is 0 Å². The van der Waals surface area contributed by atoms with Gasteiger partial charge in [0.15, 0.2) is 6.29 Å². The van der Waals surface area contributed by atoms with E-state index in [4.69, 9.17) is 9.47 Å². The molecule has 0 saturated carbocycles. The molecule has 2 aromatic carbocycles. The zero-order valence-corrected chi connectivity index (χ0v) is 14.4. The fourth-order valence-corrected chi connectivity index (χ4v) is 2.67. The number of hydrogen-bond acceptors (Lipinski definition) is 5. The van der Waals surface area contributed by atoms with Gasteiger partial charge in [-0.2, -0.15) is 0 Å². The maximum absolute atomic E-state index is 11.7. The highest BCUT2D eigenvalue weighted by molar-refractivity contribution is 5.96. The molecule has 0 aliphatic carbocycles. The highest BCUT2D eigenvalue weighted by atomic mass is 16.5. The molecule has 0 amide bonds. The van der Waals surface area contributed by atoms with Crippen LogP contribution in [-0.2, 0) is 4.74 Å². The minimum absolute atomic E-state index is 0.311. The Balaban J connectivity index is 2.12. The molecule has 0 aliphatic rings. The molecule has 0 fully saturated rings. The quantitative estimate of drug-likeness (QED) is 0.504. The Morgan fingerprint density at radius 1 is 1.08 bits per heavy atom. The summed E-state index contributed by atoms with van der Waals surface area (Å²) in [5, 5.41) is 0. The van der Waals surface area contributed by atoms with Gasteiger partial charge in [0.2, 0.25) is 5.88 Å². The van der Waals surface area contributed by atoms with Crippen molar-refractivity contribution in [2.75, 3.05) is 7.11 Å². The Morgan fingerprint density at radius 3 is 2.54 bits per heavy atom. The largest absolute Gasteiger partial charge is 0.465 e. The van der Waals surface area contributed by atoms with Gasteiger partial charge in [0, 0.05) is 17.3 Å². The zero-order chi connectivity index (χ0) is 18.5. The van der Waals surface area contributed by atoms with Crippen molar-refractivity contribution < 1.29 is 19.1 Å². The number of carbonyl (C=O) groups excluding carboxylic acids is 2. The molecule has 26 heavy (non-hydrogen) atoms.